The van der Waals surface area contributed by atoms with Gasteiger partial charge in [-0.15, -0.1) is 0 Å². The number of anilines is 1. The molecule has 1 fully saturated rings. The topological polar surface area (TPSA) is 30.3 Å². The minimum atomic E-state index is -0.0788. The van der Waals surface area contributed by atoms with E-state index >= 15 is 0 Å². The van der Waals surface area contributed by atoms with Crippen molar-refractivity contribution in [1.82, 2.24) is 4.90 Å². The van der Waals surface area contributed by atoms with E-state index in [0.29, 0.717) is 0 Å². The molecule has 21 heavy (non-hydrogen) atoms. The van der Waals surface area contributed by atoms with Crippen LogP contribution in [0.5, 0.6) is 0 Å². The SMILES string of the molecule is N#CC1CN(Cc2ccccc2)CCN1c1ccccc1. The average Bonchev–Trinajstić information content (AvgIpc) is 2.56. The molecule has 0 N–H and O–H groups in total. The Morgan fingerprint density at radius 3 is 2.29 bits per heavy atom. The normalized spacial score (nSPS) is 19.2. The molecule has 3 heteroatoms. The molecule has 1 atom stereocenters. The number of nitriles is 1. The molecule has 1 unspecified atom stereocenters. The lowest BCUT2D eigenvalue weighted by atomic mass is 10.1. The Balaban J connectivity index is 1.68. The van der Waals surface area contributed by atoms with Crippen LogP contribution in [0.15, 0.2) is 60.7 Å². The molecule has 0 aliphatic carbocycles. The molecule has 1 heterocycles. The summed E-state index contributed by atoms with van der Waals surface area (Å²) in [6.07, 6.45) is 0. The molecule has 1 aliphatic rings. The van der Waals surface area contributed by atoms with Crippen molar-refractivity contribution in [2.24, 2.45) is 0 Å². The lowest BCUT2D eigenvalue weighted by Gasteiger charge is -2.39. The van der Waals surface area contributed by atoms with Crippen molar-refractivity contribution in [3.05, 3.63) is 66.2 Å². The van der Waals surface area contributed by atoms with E-state index in [1.807, 2.05) is 24.3 Å². The Hall–Kier alpha value is -2.31. The van der Waals surface area contributed by atoms with E-state index < -0.39 is 0 Å². The summed E-state index contributed by atoms with van der Waals surface area (Å²) in [7, 11) is 0. The molecule has 0 radical (unpaired) electrons. The molecule has 3 nitrogen and oxygen atoms in total. The number of benzene rings is 2. The highest BCUT2D eigenvalue weighted by Crippen LogP contribution is 2.21. The maximum atomic E-state index is 9.49. The third-order valence-corrected chi connectivity index (χ3v) is 3.95. The van der Waals surface area contributed by atoms with Gasteiger partial charge in [0.05, 0.1) is 6.07 Å². The molecular weight excluding hydrogens is 258 g/mol. The third kappa shape index (κ3) is 3.24. The number of hydrogen-bond acceptors (Lipinski definition) is 3. The van der Waals surface area contributed by atoms with Gasteiger partial charge in [-0.05, 0) is 17.7 Å². The molecule has 0 amide bonds. The van der Waals surface area contributed by atoms with E-state index in [1.54, 1.807) is 0 Å². The number of para-hydroxylation sites is 1. The van der Waals surface area contributed by atoms with Crippen LogP contribution in [-0.2, 0) is 6.54 Å². The molecule has 0 saturated carbocycles. The Kier molecular flexibility index (Phi) is 4.18. The highest BCUT2D eigenvalue weighted by molar-refractivity contribution is 5.49. The Morgan fingerprint density at radius 1 is 0.952 bits per heavy atom. The average molecular weight is 277 g/mol. The van der Waals surface area contributed by atoms with Gasteiger partial charge in [0.2, 0.25) is 0 Å². The van der Waals surface area contributed by atoms with Crippen LogP contribution in [-0.4, -0.2) is 30.6 Å². The summed E-state index contributed by atoms with van der Waals surface area (Å²) in [5, 5.41) is 9.49. The fourth-order valence-electron chi connectivity index (χ4n) is 2.86. The highest BCUT2D eigenvalue weighted by atomic mass is 15.3. The minimum Gasteiger partial charge on any atom is -0.353 e. The van der Waals surface area contributed by atoms with Crippen LogP contribution in [0.1, 0.15) is 5.56 Å². The summed E-state index contributed by atoms with van der Waals surface area (Å²) in [4.78, 5) is 4.57. The molecule has 0 aromatic heterocycles. The quantitative estimate of drug-likeness (QED) is 0.864. The largest absolute Gasteiger partial charge is 0.353 e. The summed E-state index contributed by atoms with van der Waals surface area (Å²) >= 11 is 0. The molecular formula is C18H19N3. The van der Waals surface area contributed by atoms with E-state index in [2.05, 4.69) is 52.3 Å². The van der Waals surface area contributed by atoms with Gasteiger partial charge in [0, 0.05) is 31.9 Å². The summed E-state index contributed by atoms with van der Waals surface area (Å²) in [5.41, 5.74) is 2.45. The Bertz CT molecular complexity index is 603. The zero-order chi connectivity index (χ0) is 14.5. The second kappa shape index (κ2) is 6.43. The van der Waals surface area contributed by atoms with Gasteiger partial charge in [0.25, 0.3) is 0 Å². The first-order valence-electron chi connectivity index (χ1n) is 7.34. The Labute approximate surface area is 126 Å². The summed E-state index contributed by atoms with van der Waals surface area (Å²) in [6, 6.07) is 23.1. The van der Waals surface area contributed by atoms with E-state index in [0.717, 1.165) is 31.9 Å². The predicted octanol–water partition coefficient (Wildman–Crippen LogP) is 2.90. The molecule has 1 saturated heterocycles. The molecule has 0 spiro atoms. The van der Waals surface area contributed by atoms with Crippen LogP contribution in [0.4, 0.5) is 5.69 Å². The van der Waals surface area contributed by atoms with Crippen LogP contribution in [0.2, 0.25) is 0 Å². The monoisotopic (exact) mass is 277 g/mol. The van der Waals surface area contributed by atoms with Crippen LogP contribution in [0, 0.1) is 11.3 Å². The molecule has 2 aromatic rings. The van der Waals surface area contributed by atoms with Gasteiger partial charge in [0.15, 0.2) is 0 Å². The van der Waals surface area contributed by atoms with Crippen LogP contribution < -0.4 is 4.90 Å². The number of piperazine rings is 1. The first-order chi connectivity index (χ1) is 10.4. The first kappa shape index (κ1) is 13.7. The fourth-order valence-corrected chi connectivity index (χ4v) is 2.86. The number of nitrogens with zero attached hydrogens (tertiary/aromatic N) is 3. The molecule has 2 aromatic carbocycles. The van der Waals surface area contributed by atoms with Gasteiger partial charge in [-0.2, -0.15) is 5.26 Å². The van der Waals surface area contributed by atoms with Crippen LogP contribution >= 0.6 is 0 Å². The van der Waals surface area contributed by atoms with Crippen molar-refractivity contribution >= 4 is 5.69 Å². The van der Waals surface area contributed by atoms with Crippen molar-refractivity contribution < 1.29 is 0 Å². The van der Waals surface area contributed by atoms with Gasteiger partial charge in [-0.25, -0.2) is 0 Å². The summed E-state index contributed by atoms with van der Waals surface area (Å²) < 4.78 is 0. The highest BCUT2D eigenvalue weighted by Gasteiger charge is 2.26. The van der Waals surface area contributed by atoms with E-state index in [4.69, 9.17) is 0 Å². The van der Waals surface area contributed by atoms with Gasteiger partial charge < -0.3 is 4.90 Å². The second-order valence-electron chi connectivity index (χ2n) is 5.39. The van der Waals surface area contributed by atoms with E-state index in [-0.39, 0.29) is 6.04 Å². The minimum absolute atomic E-state index is 0.0788. The summed E-state index contributed by atoms with van der Waals surface area (Å²) in [5.74, 6) is 0. The van der Waals surface area contributed by atoms with E-state index in [9.17, 15) is 5.26 Å². The second-order valence-corrected chi connectivity index (χ2v) is 5.39. The van der Waals surface area contributed by atoms with Crippen molar-refractivity contribution in [3.8, 4) is 6.07 Å². The third-order valence-electron chi connectivity index (χ3n) is 3.95. The Morgan fingerprint density at radius 2 is 1.62 bits per heavy atom. The lowest BCUT2D eigenvalue weighted by Crippen LogP contribution is -2.52. The van der Waals surface area contributed by atoms with Crippen LogP contribution in [0.25, 0.3) is 0 Å². The van der Waals surface area contributed by atoms with Gasteiger partial charge in [0.1, 0.15) is 6.04 Å². The molecule has 1 aliphatic heterocycles. The van der Waals surface area contributed by atoms with Crippen molar-refractivity contribution in [2.75, 3.05) is 24.5 Å². The maximum absolute atomic E-state index is 9.49. The molecule has 0 bridgehead atoms. The first-order valence-corrected chi connectivity index (χ1v) is 7.34. The maximum Gasteiger partial charge on any atom is 0.129 e. The molecule has 106 valence electrons. The fraction of sp³-hybridized carbons (Fsp3) is 0.278. The number of hydrogen-bond donors (Lipinski definition) is 0. The lowest BCUT2D eigenvalue weighted by molar-refractivity contribution is 0.232. The van der Waals surface area contributed by atoms with Crippen LogP contribution in [0.3, 0.4) is 0 Å². The van der Waals surface area contributed by atoms with Crippen molar-refractivity contribution in [3.63, 3.8) is 0 Å². The van der Waals surface area contributed by atoms with Gasteiger partial charge >= 0.3 is 0 Å². The number of rotatable bonds is 3. The van der Waals surface area contributed by atoms with E-state index in [1.165, 1.54) is 5.56 Å². The van der Waals surface area contributed by atoms with Crippen molar-refractivity contribution in [2.45, 2.75) is 12.6 Å². The predicted molar refractivity (Wildman–Crippen MR) is 84.9 cm³/mol. The van der Waals surface area contributed by atoms with Gasteiger partial charge in [-0.1, -0.05) is 48.5 Å². The summed E-state index contributed by atoms with van der Waals surface area (Å²) in [6.45, 7) is 3.60. The zero-order valence-electron chi connectivity index (χ0n) is 12.0. The molecule has 3 rings (SSSR count). The zero-order valence-corrected chi connectivity index (χ0v) is 12.0. The van der Waals surface area contributed by atoms with Gasteiger partial charge in [-0.3, -0.25) is 4.90 Å². The van der Waals surface area contributed by atoms with Crippen molar-refractivity contribution in [1.29, 1.82) is 5.26 Å². The standard InChI is InChI=1S/C18H19N3/c19-13-18-15-20(14-16-7-3-1-4-8-16)11-12-21(18)17-9-5-2-6-10-17/h1-10,18H,11-12,14-15H2. The smallest absolute Gasteiger partial charge is 0.129 e.